The molecule has 23 heavy (non-hydrogen) atoms. The first-order valence-corrected chi connectivity index (χ1v) is 7.75. The normalized spacial score (nSPS) is 18.7. The summed E-state index contributed by atoms with van der Waals surface area (Å²) < 4.78 is 0. The number of hydrogen-bond donors (Lipinski definition) is 2. The summed E-state index contributed by atoms with van der Waals surface area (Å²) in [6.07, 6.45) is 3.50. The summed E-state index contributed by atoms with van der Waals surface area (Å²) in [4.78, 5) is 25.4. The molecule has 1 atom stereocenters. The second-order valence-electron chi connectivity index (χ2n) is 5.98. The number of aromatic nitrogens is 2. The van der Waals surface area contributed by atoms with Crippen LogP contribution in [0.25, 0.3) is 5.57 Å². The fourth-order valence-corrected chi connectivity index (χ4v) is 2.81. The number of nitrogens with zero attached hydrogens (tertiary/aromatic N) is 3. The van der Waals surface area contributed by atoms with Crippen LogP contribution in [0.1, 0.15) is 38.1 Å². The maximum Gasteiger partial charge on any atom is 0.261 e. The van der Waals surface area contributed by atoms with Crippen molar-refractivity contribution in [2.24, 2.45) is 11.7 Å². The Hall–Kier alpha value is -2.44. The van der Waals surface area contributed by atoms with Gasteiger partial charge in [-0.1, -0.05) is 6.92 Å². The first-order chi connectivity index (χ1) is 10.9. The molecule has 0 aliphatic carbocycles. The third kappa shape index (κ3) is 4.06. The molecule has 2 rings (SSSR count). The fourth-order valence-electron chi connectivity index (χ4n) is 2.81. The van der Waals surface area contributed by atoms with E-state index in [0.717, 1.165) is 37.1 Å². The summed E-state index contributed by atoms with van der Waals surface area (Å²) in [7, 11) is 0. The summed E-state index contributed by atoms with van der Waals surface area (Å²) in [6, 6.07) is 1.82. The van der Waals surface area contributed by atoms with Crippen molar-refractivity contribution in [2.45, 2.75) is 33.6 Å². The minimum atomic E-state index is -0.573. The van der Waals surface area contributed by atoms with Gasteiger partial charge in [0.25, 0.3) is 5.91 Å². The third-order valence-electron chi connectivity index (χ3n) is 3.93. The van der Waals surface area contributed by atoms with Gasteiger partial charge < -0.3 is 10.6 Å². The summed E-state index contributed by atoms with van der Waals surface area (Å²) in [5.41, 5.74) is 7.82. The van der Waals surface area contributed by atoms with Crippen LogP contribution < -0.4 is 16.0 Å². The number of aryl methyl sites for hydroxylation is 1. The Balaban J connectivity index is 2.32. The van der Waals surface area contributed by atoms with Crippen LogP contribution in [-0.4, -0.2) is 35.1 Å². The van der Waals surface area contributed by atoms with Crippen LogP contribution in [0.3, 0.4) is 0 Å². The maximum atomic E-state index is 12.0. The molecule has 2 heterocycles. The molecule has 0 spiro atoms. The minimum absolute atomic E-state index is 0.138. The molecule has 1 saturated heterocycles. The van der Waals surface area contributed by atoms with Gasteiger partial charge in [0, 0.05) is 26.2 Å². The number of piperidine rings is 1. The lowest BCUT2D eigenvalue weighted by molar-refractivity contribution is -0.126. The molecular weight excluding hydrogens is 294 g/mol. The van der Waals surface area contributed by atoms with E-state index < -0.39 is 11.8 Å². The van der Waals surface area contributed by atoms with E-state index in [0.29, 0.717) is 11.6 Å². The largest absolute Gasteiger partial charge is 0.404 e. The van der Waals surface area contributed by atoms with Gasteiger partial charge in [0.05, 0.1) is 17.0 Å². The number of carbonyl (C=O) groups is 2. The van der Waals surface area contributed by atoms with Crippen molar-refractivity contribution in [1.82, 2.24) is 15.5 Å². The predicted octanol–water partition coefficient (Wildman–Crippen LogP) is 0.984. The van der Waals surface area contributed by atoms with Gasteiger partial charge in [0.2, 0.25) is 5.91 Å². The van der Waals surface area contributed by atoms with E-state index in [9.17, 15) is 9.59 Å². The van der Waals surface area contributed by atoms with Crippen LogP contribution in [0.2, 0.25) is 0 Å². The van der Waals surface area contributed by atoms with Crippen molar-refractivity contribution >= 4 is 23.1 Å². The number of rotatable bonds is 3. The molecule has 1 fully saturated rings. The topological polar surface area (TPSA) is 101 Å². The highest BCUT2D eigenvalue weighted by Crippen LogP contribution is 2.26. The van der Waals surface area contributed by atoms with Crippen LogP contribution >= 0.6 is 0 Å². The number of amides is 2. The molecule has 1 aromatic rings. The van der Waals surface area contributed by atoms with Crippen molar-refractivity contribution in [2.75, 3.05) is 18.0 Å². The summed E-state index contributed by atoms with van der Waals surface area (Å²) in [5.74, 6) is -0.402. The molecule has 3 N–H and O–H groups in total. The Morgan fingerprint density at radius 3 is 2.78 bits per heavy atom. The van der Waals surface area contributed by atoms with E-state index in [1.807, 2.05) is 13.0 Å². The van der Waals surface area contributed by atoms with Gasteiger partial charge in [-0.05, 0) is 31.7 Å². The van der Waals surface area contributed by atoms with Crippen molar-refractivity contribution in [1.29, 1.82) is 0 Å². The highest BCUT2D eigenvalue weighted by Gasteiger charge is 2.21. The smallest absolute Gasteiger partial charge is 0.261 e. The lowest BCUT2D eigenvalue weighted by Crippen LogP contribution is -2.35. The predicted molar refractivity (Wildman–Crippen MR) is 88.4 cm³/mol. The fraction of sp³-hybridized carbons (Fsp3) is 0.500. The number of imide groups is 1. The number of nitrogens with two attached hydrogens (primary N) is 1. The minimum Gasteiger partial charge on any atom is -0.404 e. The SMILES string of the molecule is CC(=O)NC(=O)/C(=C\N)c1cc(N2CCCC(C)C2)c(C)nn1. The van der Waals surface area contributed by atoms with Gasteiger partial charge in [0.15, 0.2) is 0 Å². The lowest BCUT2D eigenvalue weighted by Gasteiger charge is -2.33. The zero-order chi connectivity index (χ0) is 17.0. The molecule has 7 heteroatoms. The molecule has 1 aliphatic rings. The van der Waals surface area contributed by atoms with Crippen molar-refractivity contribution in [3.8, 4) is 0 Å². The average molecular weight is 317 g/mol. The van der Waals surface area contributed by atoms with Gasteiger partial charge in [0.1, 0.15) is 5.69 Å². The Kier molecular flexibility index (Phi) is 5.31. The van der Waals surface area contributed by atoms with Crippen molar-refractivity contribution in [3.05, 3.63) is 23.7 Å². The molecule has 124 valence electrons. The molecular formula is C16H23N5O2. The van der Waals surface area contributed by atoms with Crippen LogP contribution in [0, 0.1) is 12.8 Å². The van der Waals surface area contributed by atoms with E-state index in [-0.39, 0.29) is 5.57 Å². The number of anilines is 1. The summed E-state index contributed by atoms with van der Waals surface area (Å²) >= 11 is 0. The van der Waals surface area contributed by atoms with E-state index in [1.54, 1.807) is 0 Å². The van der Waals surface area contributed by atoms with Crippen LogP contribution in [0.15, 0.2) is 12.3 Å². The van der Waals surface area contributed by atoms with Gasteiger partial charge in [-0.15, -0.1) is 5.10 Å². The number of carbonyl (C=O) groups excluding carboxylic acids is 2. The van der Waals surface area contributed by atoms with Gasteiger partial charge in [-0.2, -0.15) is 5.10 Å². The molecule has 2 amide bonds. The first kappa shape index (κ1) is 16.9. The van der Waals surface area contributed by atoms with Gasteiger partial charge in [-0.25, -0.2) is 0 Å². The Labute approximate surface area is 135 Å². The van der Waals surface area contributed by atoms with Gasteiger partial charge in [-0.3, -0.25) is 14.9 Å². The molecule has 1 unspecified atom stereocenters. The Morgan fingerprint density at radius 2 is 2.17 bits per heavy atom. The summed E-state index contributed by atoms with van der Waals surface area (Å²) in [5, 5.41) is 10.4. The number of hydrogen-bond acceptors (Lipinski definition) is 6. The van der Waals surface area contributed by atoms with E-state index in [4.69, 9.17) is 5.73 Å². The average Bonchev–Trinajstić information content (AvgIpc) is 2.48. The first-order valence-electron chi connectivity index (χ1n) is 7.75. The molecule has 0 radical (unpaired) electrons. The van der Waals surface area contributed by atoms with E-state index in [1.165, 1.54) is 13.3 Å². The zero-order valence-corrected chi connectivity index (χ0v) is 13.8. The molecule has 0 bridgehead atoms. The number of nitrogens with one attached hydrogen (secondary N) is 1. The van der Waals surface area contributed by atoms with Crippen LogP contribution in [0.4, 0.5) is 5.69 Å². The monoisotopic (exact) mass is 317 g/mol. The van der Waals surface area contributed by atoms with Crippen molar-refractivity contribution in [3.63, 3.8) is 0 Å². The standard InChI is InChI=1S/C16H23N5O2/c1-10-5-4-6-21(9-10)15-7-14(20-19-11(15)2)13(8-17)16(23)18-12(3)22/h7-8,10H,4-6,9,17H2,1-3H3,(H,18,22,23)/b13-8-. The molecule has 1 aromatic heterocycles. The summed E-state index contributed by atoms with van der Waals surface area (Å²) in [6.45, 7) is 7.30. The molecule has 0 saturated carbocycles. The molecule has 7 nitrogen and oxygen atoms in total. The lowest BCUT2D eigenvalue weighted by atomic mass is 9.99. The zero-order valence-electron chi connectivity index (χ0n) is 13.8. The second-order valence-corrected chi connectivity index (χ2v) is 5.98. The van der Waals surface area contributed by atoms with Gasteiger partial charge >= 0.3 is 0 Å². The van der Waals surface area contributed by atoms with Crippen molar-refractivity contribution < 1.29 is 9.59 Å². The van der Waals surface area contributed by atoms with E-state index >= 15 is 0 Å². The van der Waals surface area contributed by atoms with E-state index in [2.05, 4.69) is 27.3 Å². The second kappa shape index (κ2) is 7.21. The van der Waals surface area contributed by atoms with Crippen LogP contribution in [0.5, 0.6) is 0 Å². The molecule has 0 aromatic carbocycles. The Bertz CT molecular complexity index is 641. The highest BCUT2D eigenvalue weighted by atomic mass is 16.2. The highest BCUT2D eigenvalue weighted by molar-refractivity contribution is 6.22. The maximum absolute atomic E-state index is 12.0. The Morgan fingerprint density at radius 1 is 1.43 bits per heavy atom. The third-order valence-corrected chi connectivity index (χ3v) is 3.93. The quantitative estimate of drug-likeness (QED) is 0.806. The molecule has 1 aliphatic heterocycles. The van der Waals surface area contributed by atoms with Crippen LogP contribution in [-0.2, 0) is 9.59 Å².